The van der Waals surface area contributed by atoms with Crippen molar-refractivity contribution in [2.24, 2.45) is 0 Å². The highest BCUT2D eigenvalue weighted by atomic mass is 16.5. The number of benzene rings is 1. The molecule has 0 bridgehead atoms. The van der Waals surface area contributed by atoms with Gasteiger partial charge in [0.2, 0.25) is 0 Å². The number of esters is 1. The van der Waals surface area contributed by atoms with Crippen LogP contribution in [-0.4, -0.2) is 28.6 Å². The number of ketones is 2. The van der Waals surface area contributed by atoms with Crippen molar-refractivity contribution in [3.63, 3.8) is 0 Å². The van der Waals surface area contributed by atoms with Gasteiger partial charge >= 0.3 is 11.9 Å². The van der Waals surface area contributed by atoms with E-state index in [4.69, 9.17) is 9.84 Å². The fourth-order valence-corrected chi connectivity index (χ4v) is 3.24. The van der Waals surface area contributed by atoms with Crippen molar-refractivity contribution >= 4 is 23.5 Å². The van der Waals surface area contributed by atoms with Crippen molar-refractivity contribution in [3.8, 4) is 0 Å². The summed E-state index contributed by atoms with van der Waals surface area (Å²) in [5, 5.41) is 8.91. The Morgan fingerprint density at radius 1 is 1.08 bits per heavy atom. The Morgan fingerprint density at radius 2 is 1.72 bits per heavy atom. The van der Waals surface area contributed by atoms with E-state index >= 15 is 0 Å². The molecule has 0 heterocycles. The zero-order valence-electron chi connectivity index (χ0n) is 13.6. The Bertz CT molecular complexity index is 872. The number of carbonyl (C=O) groups excluding carboxylic acids is 3. The molecule has 0 radical (unpaired) electrons. The molecule has 0 fully saturated rings. The molecule has 1 aromatic carbocycles. The summed E-state index contributed by atoms with van der Waals surface area (Å²) >= 11 is 0. The second kappa shape index (κ2) is 6.47. The average molecular weight is 340 g/mol. The molecule has 0 saturated carbocycles. The number of Topliss-reactive ketones (excluding diaryl/α,β-unsaturated/α-hetero) is 2. The Hall–Kier alpha value is -3.02. The van der Waals surface area contributed by atoms with E-state index in [9.17, 15) is 19.2 Å². The molecule has 128 valence electrons. The predicted octanol–water partition coefficient (Wildman–Crippen LogP) is 2.84. The Morgan fingerprint density at radius 3 is 2.32 bits per heavy atom. The summed E-state index contributed by atoms with van der Waals surface area (Å²) in [6.07, 6.45) is 0.739. The van der Waals surface area contributed by atoms with E-state index in [0.717, 1.165) is 0 Å². The molecule has 0 aromatic heterocycles. The fourth-order valence-electron chi connectivity index (χ4n) is 3.24. The number of carbonyl (C=O) groups is 4. The second-order valence-electron chi connectivity index (χ2n) is 5.98. The lowest BCUT2D eigenvalue weighted by atomic mass is 9.76. The van der Waals surface area contributed by atoms with Crippen LogP contribution in [0.5, 0.6) is 0 Å². The molecule has 3 rings (SSSR count). The first-order valence-corrected chi connectivity index (χ1v) is 7.94. The number of aliphatic carboxylic acids is 1. The van der Waals surface area contributed by atoms with E-state index in [0.29, 0.717) is 29.6 Å². The summed E-state index contributed by atoms with van der Waals surface area (Å²) in [6, 6.07) is 6.53. The maximum Gasteiger partial charge on any atom is 0.308 e. The Kier molecular flexibility index (Phi) is 4.35. The number of hydrogen-bond donors (Lipinski definition) is 1. The van der Waals surface area contributed by atoms with Crippen LogP contribution in [0.1, 0.15) is 53.3 Å². The number of carboxylic acids is 1. The zero-order chi connectivity index (χ0) is 18.1. The van der Waals surface area contributed by atoms with Gasteiger partial charge in [-0.25, -0.2) is 0 Å². The number of allylic oxidation sites excluding steroid dienone is 3. The third-order valence-electron chi connectivity index (χ3n) is 4.33. The number of fused-ring (bicyclic) bond motifs is 1. The summed E-state index contributed by atoms with van der Waals surface area (Å²) in [6.45, 7) is 1.21. The molecule has 0 atom stereocenters. The monoisotopic (exact) mass is 340 g/mol. The molecule has 1 aromatic rings. The molecule has 0 spiro atoms. The maximum absolute atomic E-state index is 12.9. The molecule has 0 amide bonds. The van der Waals surface area contributed by atoms with Gasteiger partial charge in [0.25, 0.3) is 0 Å². The van der Waals surface area contributed by atoms with E-state index in [1.165, 1.54) is 6.92 Å². The maximum atomic E-state index is 12.9. The summed E-state index contributed by atoms with van der Waals surface area (Å²) in [4.78, 5) is 48.0. The van der Waals surface area contributed by atoms with Crippen LogP contribution in [0.3, 0.4) is 0 Å². The van der Waals surface area contributed by atoms with Gasteiger partial charge in [-0.2, -0.15) is 0 Å². The topological polar surface area (TPSA) is 97.7 Å². The highest BCUT2D eigenvalue weighted by Crippen LogP contribution is 2.40. The van der Waals surface area contributed by atoms with Gasteiger partial charge in [-0.05, 0) is 24.8 Å². The predicted molar refractivity (Wildman–Crippen MR) is 87.0 cm³/mol. The molecular formula is C19H16O6. The summed E-state index contributed by atoms with van der Waals surface area (Å²) in [7, 11) is 0. The molecule has 2 aliphatic rings. The molecule has 0 aliphatic heterocycles. The van der Waals surface area contributed by atoms with Crippen LogP contribution < -0.4 is 0 Å². The van der Waals surface area contributed by atoms with Crippen LogP contribution in [-0.2, 0) is 14.3 Å². The van der Waals surface area contributed by atoms with Gasteiger partial charge in [0.05, 0.1) is 5.57 Å². The molecule has 0 unspecified atom stereocenters. The SMILES string of the molecule is CC(=O)OC1=C(CCC(=O)O)CCC2=C1C(=O)c1ccccc1C2=O. The lowest BCUT2D eigenvalue weighted by Gasteiger charge is -2.28. The smallest absolute Gasteiger partial charge is 0.308 e. The van der Waals surface area contributed by atoms with Gasteiger partial charge in [-0.15, -0.1) is 0 Å². The average Bonchev–Trinajstić information content (AvgIpc) is 2.57. The third-order valence-corrected chi connectivity index (χ3v) is 4.33. The number of carboxylic acid groups (broad SMARTS) is 1. The minimum absolute atomic E-state index is 0.0582. The molecular weight excluding hydrogens is 324 g/mol. The van der Waals surface area contributed by atoms with Crippen LogP contribution in [0.25, 0.3) is 0 Å². The van der Waals surface area contributed by atoms with Crippen LogP contribution in [0.4, 0.5) is 0 Å². The van der Waals surface area contributed by atoms with Crippen molar-refractivity contribution < 1.29 is 29.0 Å². The van der Waals surface area contributed by atoms with Crippen LogP contribution in [0.2, 0.25) is 0 Å². The van der Waals surface area contributed by atoms with E-state index in [1.807, 2.05) is 0 Å². The largest absolute Gasteiger partial charge is 0.481 e. The number of rotatable bonds is 4. The van der Waals surface area contributed by atoms with Gasteiger partial charge in [0.1, 0.15) is 5.76 Å². The first-order chi connectivity index (χ1) is 11.9. The van der Waals surface area contributed by atoms with Crippen molar-refractivity contribution in [3.05, 3.63) is 57.9 Å². The van der Waals surface area contributed by atoms with Gasteiger partial charge in [-0.3, -0.25) is 19.2 Å². The first-order valence-electron chi connectivity index (χ1n) is 7.94. The fraction of sp³-hybridized carbons (Fsp3) is 0.263. The highest BCUT2D eigenvalue weighted by molar-refractivity contribution is 6.28. The zero-order valence-corrected chi connectivity index (χ0v) is 13.6. The van der Waals surface area contributed by atoms with E-state index in [-0.39, 0.29) is 41.3 Å². The molecule has 1 N–H and O–H groups in total. The van der Waals surface area contributed by atoms with Gasteiger partial charge in [0, 0.05) is 30.0 Å². The quantitative estimate of drug-likeness (QED) is 0.846. The Labute approximate surface area is 143 Å². The Balaban J connectivity index is 2.13. The number of ether oxygens (including phenoxy) is 1. The number of hydrogen-bond acceptors (Lipinski definition) is 5. The highest BCUT2D eigenvalue weighted by Gasteiger charge is 2.38. The standard InChI is InChI=1S/C19H16O6/c1-10(20)25-19-11(7-9-15(21)22)6-8-14-16(19)18(24)13-5-3-2-4-12(13)17(14)23/h2-5H,6-9H2,1H3,(H,21,22). The second-order valence-corrected chi connectivity index (χ2v) is 5.98. The molecule has 0 saturated heterocycles. The van der Waals surface area contributed by atoms with Gasteiger partial charge in [0.15, 0.2) is 11.6 Å². The van der Waals surface area contributed by atoms with Gasteiger partial charge < -0.3 is 9.84 Å². The van der Waals surface area contributed by atoms with E-state index in [1.54, 1.807) is 24.3 Å². The minimum atomic E-state index is -0.981. The lowest BCUT2D eigenvalue weighted by molar-refractivity contribution is -0.137. The van der Waals surface area contributed by atoms with E-state index < -0.39 is 11.9 Å². The van der Waals surface area contributed by atoms with Crippen LogP contribution in [0.15, 0.2) is 46.7 Å². The molecule has 2 aliphatic carbocycles. The van der Waals surface area contributed by atoms with Crippen LogP contribution in [0, 0.1) is 0 Å². The summed E-state index contributed by atoms with van der Waals surface area (Å²) in [5.41, 5.74) is 1.64. The van der Waals surface area contributed by atoms with Gasteiger partial charge in [-0.1, -0.05) is 24.3 Å². The summed E-state index contributed by atoms with van der Waals surface area (Å²) < 4.78 is 5.26. The van der Waals surface area contributed by atoms with Crippen molar-refractivity contribution in [2.75, 3.05) is 0 Å². The lowest BCUT2D eigenvalue weighted by Crippen LogP contribution is -2.27. The molecule has 6 nitrogen and oxygen atoms in total. The third kappa shape index (κ3) is 3.03. The van der Waals surface area contributed by atoms with Crippen LogP contribution >= 0.6 is 0 Å². The normalized spacial score (nSPS) is 16.5. The molecule has 6 heteroatoms. The van der Waals surface area contributed by atoms with Crippen molar-refractivity contribution in [1.29, 1.82) is 0 Å². The summed E-state index contributed by atoms with van der Waals surface area (Å²) in [5.74, 6) is -2.15. The first kappa shape index (κ1) is 16.8. The van der Waals surface area contributed by atoms with Crippen molar-refractivity contribution in [1.82, 2.24) is 0 Å². The van der Waals surface area contributed by atoms with Crippen molar-refractivity contribution in [2.45, 2.75) is 32.6 Å². The minimum Gasteiger partial charge on any atom is -0.481 e. The molecule has 25 heavy (non-hydrogen) atoms. The van der Waals surface area contributed by atoms with E-state index in [2.05, 4.69) is 0 Å².